The van der Waals surface area contributed by atoms with Crippen LogP contribution in [0.15, 0.2) is 23.1 Å². The first-order valence-corrected chi connectivity index (χ1v) is 9.91. The van der Waals surface area contributed by atoms with Gasteiger partial charge in [-0.25, -0.2) is 8.42 Å². The Labute approximate surface area is 143 Å². The van der Waals surface area contributed by atoms with E-state index < -0.39 is 15.8 Å². The number of rotatable bonds is 10. The lowest BCUT2D eigenvalue weighted by Crippen LogP contribution is -2.25. The van der Waals surface area contributed by atoms with Crippen LogP contribution in [0.5, 0.6) is 0 Å². The minimum atomic E-state index is -3.34. The van der Waals surface area contributed by atoms with Crippen LogP contribution in [0.1, 0.15) is 54.4 Å². The van der Waals surface area contributed by atoms with Crippen LogP contribution in [0.25, 0.3) is 0 Å². The van der Waals surface area contributed by atoms with Crippen molar-refractivity contribution < 1.29 is 23.1 Å². The molecule has 7 heteroatoms. The topological polar surface area (TPSA) is 101 Å². The van der Waals surface area contributed by atoms with Gasteiger partial charge in [0.05, 0.1) is 4.90 Å². The second kappa shape index (κ2) is 9.42. The molecule has 6 nitrogen and oxygen atoms in total. The summed E-state index contributed by atoms with van der Waals surface area (Å²) in [6, 6.07) is 4.54. The summed E-state index contributed by atoms with van der Waals surface area (Å²) in [6.07, 6.45) is 5.53. The zero-order valence-corrected chi connectivity index (χ0v) is 15.0. The van der Waals surface area contributed by atoms with Crippen molar-refractivity contribution in [2.75, 3.05) is 12.8 Å². The van der Waals surface area contributed by atoms with Gasteiger partial charge in [-0.1, -0.05) is 25.3 Å². The van der Waals surface area contributed by atoms with Crippen LogP contribution in [0, 0.1) is 6.92 Å². The van der Waals surface area contributed by atoms with Crippen LogP contribution in [0.4, 0.5) is 0 Å². The summed E-state index contributed by atoms with van der Waals surface area (Å²) >= 11 is 0. The molecule has 0 aliphatic rings. The summed E-state index contributed by atoms with van der Waals surface area (Å²) in [5.41, 5.74) is 1.10. The summed E-state index contributed by atoms with van der Waals surface area (Å²) in [5.74, 6) is -1.04. The Balaban J connectivity index is 2.39. The second-order valence-electron chi connectivity index (χ2n) is 5.92. The van der Waals surface area contributed by atoms with E-state index in [2.05, 4.69) is 5.32 Å². The monoisotopic (exact) mass is 355 g/mol. The van der Waals surface area contributed by atoms with E-state index in [9.17, 15) is 18.0 Å². The van der Waals surface area contributed by atoms with Crippen molar-refractivity contribution in [3.05, 3.63) is 29.3 Å². The van der Waals surface area contributed by atoms with Gasteiger partial charge in [0, 0.05) is 24.8 Å². The summed E-state index contributed by atoms with van der Waals surface area (Å²) in [6.45, 7) is 2.28. The zero-order valence-electron chi connectivity index (χ0n) is 14.2. The van der Waals surface area contributed by atoms with Crippen LogP contribution >= 0.6 is 0 Å². The molecule has 0 radical (unpaired) electrons. The number of aliphatic carboxylic acids is 1. The maximum atomic E-state index is 12.2. The molecule has 0 saturated carbocycles. The number of aryl methyl sites for hydroxylation is 1. The average molecular weight is 355 g/mol. The van der Waals surface area contributed by atoms with Gasteiger partial charge in [-0.05, 0) is 37.5 Å². The van der Waals surface area contributed by atoms with E-state index in [0.29, 0.717) is 18.5 Å². The van der Waals surface area contributed by atoms with Crippen molar-refractivity contribution in [3.63, 3.8) is 0 Å². The third kappa shape index (κ3) is 7.12. The number of carbonyl (C=O) groups is 2. The highest BCUT2D eigenvalue weighted by Crippen LogP contribution is 2.15. The number of sulfone groups is 1. The number of unbranched alkanes of at least 4 members (excludes halogenated alkanes) is 4. The van der Waals surface area contributed by atoms with Crippen molar-refractivity contribution in [2.45, 2.75) is 50.3 Å². The normalized spacial score (nSPS) is 11.2. The molecule has 0 spiro atoms. The first-order valence-electron chi connectivity index (χ1n) is 8.02. The fourth-order valence-electron chi connectivity index (χ4n) is 2.31. The number of carbonyl (C=O) groups excluding carboxylic acids is 1. The lowest BCUT2D eigenvalue weighted by Gasteiger charge is -2.09. The van der Waals surface area contributed by atoms with Crippen LogP contribution in [0.2, 0.25) is 0 Å². The first kappa shape index (κ1) is 20.2. The number of nitrogens with one attached hydrogen (secondary N) is 1. The minimum Gasteiger partial charge on any atom is -0.481 e. The fraction of sp³-hybridized carbons (Fsp3) is 0.529. The maximum Gasteiger partial charge on any atom is 0.303 e. The Hall–Kier alpha value is -1.89. The molecule has 1 amide bonds. The molecule has 24 heavy (non-hydrogen) atoms. The molecule has 1 aromatic carbocycles. The van der Waals surface area contributed by atoms with E-state index in [4.69, 9.17) is 5.11 Å². The Kier molecular flexibility index (Phi) is 7.91. The molecule has 1 aromatic rings. The van der Waals surface area contributed by atoms with E-state index in [1.165, 1.54) is 12.1 Å². The molecular formula is C17H25NO5S. The van der Waals surface area contributed by atoms with E-state index >= 15 is 0 Å². The fourth-order valence-corrected chi connectivity index (χ4v) is 2.95. The predicted molar refractivity (Wildman–Crippen MR) is 92.0 cm³/mol. The third-order valence-electron chi connectivity index (χ3n) is 3.73. The molecule has 134 valence electrons. The summed E-state index contributed by atoms with van der Waals surface area (Å²) in [4.78, 5) is 22.7. The third-order valence-corrected chi connectivity index (χ3v) is 4.85. The molecule has 0 aliphatic carbocycles. The largest absolute Gasteiger partial charge is 0.481 e. The number of amides is 1. The molecule has 0 fully saturated rings. The van der Waals surface area contributed by atoms with E-state index in [0.717, 1.165) is 37.5 Å². The van der Waals surface area contributed by atoms with Gasteiger partial charge in [0.25, 0.3) is 5.91 Å². The van der Waals surface area contributed by atoms with Crippen LogP contribution in [-0.4, -0.2) is 38.2 Å². The highest BCUT2D eigenvalue weighted by Gasteiger charge is 2.14. The Morgan fingerprint density at radius 3 is 2.33 bits per heavy atom. The van der Waals surface area contributed by atoms with Crippen molar-refractivity contribution in [2.24, 2.45) is 0 Å². The van der Waals surface area contributed by atoms with Gasteiger partial charge < -0.3 is 10.4 Å². The zero-order chi connectivity index (χ0) is 18.2. The van der Waals surface area contributed by atoms with E-state index in [-0.39, 0.29) is 17.2 Å². The Morgan fingerprint density at radius 2 is 1.71 bits per heavy atom. The van der Waals surface area contributed by atoms with Crippen LogP contribution < -0.4 is 5.32 Å². The van der Waals surface area contributed by atoms with Crippen LogP contribution in [0.3, 0.4) is 0 Å². The molecular weight excluding hydrogens is 330 g/mol. The molecule has 0 saturated heterocycles. The molecule has 0 unspecified atom stereocenters. The van der Waals surface area contributed by atoms with Crippen molar-refractivity contribution in [3.8, 4) is 0 Å². The standard InChI is InChI=1S/C17H25NO5S/c1-13-9-10-14(24(2,22)23)12-15(13)17(21)18-11-7-5-3-4-6-8-16(19)20/h9-10,12H,3-8,11H2,1-2H3,(H,18,21)(H,19,20). The second-order valence-corrected chi connectivity index (χ2v) is 7.93. The SMILES string of the molecule is Cc1ccc(S(C)(=O)=O)cc1C(=O)NCCCCCCCC(=O)O. The predicted octanol–water partition coefficient (Wildman–Crippen LogP) is 2.55. The van der Waals surface area contributed by atoms with Gasteiger partial charge in [-0.3, -0.25) is 9.59 Å². The molecule has 0 heterocycles. The molecule has 1 rings (SSSR count). The number of hydrogen-bond donors (Lipinski definition) is 2. The van der Waals surface area contributed by atoms with Crippen molar-refractivity contribution in [1.82, 2.24) is 5.32 Å². The highest BCUT2D eigenvalue weighted by atomic mass is 32.2. The molecule has 0 aromatic heterocycles. The number of carboxylic acids is 1. The van der Waals surface area contributed by atoms with Gasteiger partial charge >= 0.3 is 5.97 Å². The lowest BCUT2D eigenvalue weighted by molar-refractivity contribution is -0.137. The molecule has 0 aliphatic heterocycles. The maximum absolute atomic E-state index is 12.2. The average Bonchev–Trinajstić information content (AvgIpc) is 2.48. The summed E-state index contributed by atoms with van der Waals surface area (Å²) in [7, 11) is -3.34. The van der Waals surface area contributed by atoms with Crippen molar-refractivity contribution >= 4 is 21.7 Å². The quantitative estimate of drug-likeness (QED) is 0.628. The summed E-state index contributed by atoms with van der Waals surface area (Å²) < 4.78 is 23.2. The minimum absolute atomic E-state index is 0.136. The van der Waals surface area contributed by atoms with E-state index in [1.54, 1.807) is 13.0 Å². The summed E-state index contributed by atoms with van der Waals surface area (Å²) in [5, 5.41) is 11.3. The van der Waals surface area contributed by atoms with Gasteiger partial charge in [0.2, 0.25) is 0 Å². The molecule has 2 N–H and O–H groups in total. The van der Waals surface area contributed by atoms with Gasteiger partial charge in [-0.2, -0.15) is 0 Å². The number of benzene rings is 1. The number of hydrogen-bond acceptors (Lipinski definition) is 4. The lowest BCUT2D eigenvalue weighted by atomic mass is 10.1. The van der Waals surface area contributed by atoms with E-state index in [1.807, 2.05) is 0 Å². The highest BCUT2D eigenvalue weighted by molar-refractivity contribution is 7.90. The van der Waals surface area contributed by atoms with Gasteiger partial charge in [0.1, 0.15) is 0 Å². The first-order chi connectivity index (χ1) is 11.2. The Morgan fingerprint density at radius 1 is 1.08 bits per heavy atom. The van der Waals surface area contributed by atoms with Gasteiger partial charge in [-0.15, -0.1) is 0 Å². The van der Waals surface area contributed by atoms with Crippen LogP contribution in [-0.2, 0) is 14.6 Å². The molecule has 0 bridgehead atoms. The molecule has 0 atom stereocenters. The van der Waals surface area contributed by atoms with Crippen molar-refractivity contribution in [1.29, 1.82) is 0 Å². The smallest absolute Gasteiger partial charge is 0.303 e. The van der Waals surface area contributed by atoms with Gasteiger partial charge in [0.15, 0.2) is 9.84 Å². The number of carboxylic acid groups (broad SMARTS) is 1. The Bertz CT molecular complexity index is 682.